The van der Waals surface area contributed by atoms with Crippen LogP contribution in [-0.4, -0.2) is 44.6 Å². The van der Waals surface area contributed by atoms with Crippen molar-refractivity contribution in [2.24, 2.45) is 10.1 Å². The summed E-state index contributed by atoms with van der Waals surface area (Å²) in [5, 5.41) is 0. The number of alkyl halides is 6. The topological polar surface area (TPSA) is 85.0 Å². The Morgan fingerprint density at radius 1 is 1.04 bits per heavy atom. The molecule has 1 saturated heterocycles. The zero-order chi connectivity index (χ0) is 21.5. The Morgan fingerprint density at radius 2 is 1.46 bits per heavy atom. The van der Waals surface area contributed by atoms with Gasteiger partial charge in [0.15, 0.2) is 0 Å². The molecule has 1 aliphatic rings. The fraction of sp³-hybridized carbons (Fsp3) is 0.533. The molecule has 0 saturated carbocycles. The number of halogens is 6. The monoisotopic (exact) mass is 433 g/mol. The molecule has 0 radical (unpaired) electrons. The van der Waals surface area contributed by atoms with Crippen molar-refractivity contribution in [3.8, 4) is 0 Å². The van der Waals surface area contributed by atoms with E-state index in [9.17, 15) is 34.8 Å². The molecule has 1 aromatic rings. The second kappa shape index (κ2) is 7.43. The van der Waals surface area contributed by atoms with Gasteiger partial charge in [-0.3, -0.25) is 0 Å². The van der Waals surface area contributed by atoms with Crippen molar-refractivity contribution in [1.82, 2.24) is 4.90 Å². The van der Waals surface area contributed by atoms with Crippen LogP contribution < -0.4 is 5.73 Å². The highest BCUT2D eigenvalue weighted by Crippen LogP contribution is 2.37. The molecule has 0 spiro atoms. The predicted molar refractivity (Wildman–Crippen MR) is 86.8 cm³/mol. The molecule has 2 N–H and O–H groups in total. The Balaban J connectivity index is 2.49. The van der Waals surface area contributed by atoms with E-state index < -0.39 is 44.4 Å². The number of ether oxygens (including phenoxy) is 1. The number of guanidine groups is 1. The molecule has 0 aliphatic carbocycles. The van der Waals surface area contributed by atoms with Gasteiger partial charge in [0.2, 0.25) is 5.96 Å². The molecule has 6 nitrogen and oxygen atoms in total. The maximum atomic E-state index is 12.9. The summed E-state index contributed by atoms with van der Waals surface area (Å²) >= 11 is 0. The number of nitrogens with zero attached hydrogens (tertiary/aromatic N) is 2. The standard InChI is InChI=1S/C15H17F6N3O3S/c1-8-6-24(7-9(2)27-8)13(22)23-28(25,26)12-4-10(14(16,17)18)3-11(5-12)15(19,20)21/h3-5,8-9H,6-7H2,1-2H3,(H2,22,23). The zero-order valence-corrected chi connectivity index (χ0v) is 15.5. The van der Waals surface area contributed by atoms with Gasteiger partial charge < -0.3 is 15.4 Å². The molecule has 0 bridgehead atoms. The van der Waals surface area contributed by atoms with Crippen molar-refractivity contribution in [2.75, 3.05) is 13.1 Å². The van der Waals surface area contributed by atoms with Crippen LogP contribution >= 0.6 is 0 Å². The van der Waals surface area contributed by atoms with E-state index >= 15 is 0 Å². The van der Waals surface area contributed by atoms with Gasteiger partial charge in [-0.05, 0) is 32.0 Å². The summed E-state index contributed by atoms with van der Waals surface area (Å²) in [5.41, 5.74) is 2.12. The third-order valence-corrected chi connectivity index (χ3v) is 5.08. The Kier molecular flexibility index (Phi) is 5.91. The lowest BCUT2D eigenvalue weighted by atomic mass is 10.1. The van der Waals surface area contributed by atoms with Crippen molar-refractivity contribution in [2.45, 2.75) is 43.3 Å². The zero-order valence-electron chi connectivity index (χ0n) is 14.7. The van der Waals surface area contributed by atoms with E-state index in [-0.39, 0.29) is 43.5 Å². The van der Waals surface area contributed by atoms with Crippen molar-refractivity contribution in [3.05, 3.63) is 29.3 Å². The number of hydrogen-bond donors (Lipinski definition) is 1. The lowest BCUT2D eigenvalue weighted by Gasteiger charge is -2.35. The second-order valence-electron chi connectivity index (χ2n) is 6.33. The van der Waals surface area contributed by atoms with Crippen molar-refractivity contribution in [3.63, 3.8) is 0 Å². The van der Waals surface area contributed by atoms with Crippen LogP contribution in [0.1, 0.15) is 25.0 Å². The van der Waals surface area contributed by atoms with E-state index in [1.165, 1.54) is 4.90 Å². The molecule has 28 heavy (non-hydrogen) atoms. The highest BCUT2D eigenvalue weighted by Gasteiger charge is 2.38. The average Bonchev–Trinajstić information content (AvgIpc) is 2.51. The molecule has 1 aliphatic heterocycles. The first-order valence-corrected chi connectivity index (χ1v) is 9.34. The summed E-state index contributed by atoms with van der Waals surface area (Å²) < 4.78 is 111. The number of benzene rings is 1. The molecule has 2 atom stereocenters. The number of nitrogens with two attached hydrogens (primary N) is 1. The van der Waals surface area contributed by atoms with E-state index in [1.807, 2.05) is 0 Å². The summed E-state index contributed by atoms with van der Waals surface area (Å²) in [5.74, 6) is -0.548. The molecule has 2 unspecified atom stereocenters. The van der Waals surface area contributed by atoms with Gasteiger partial charge in [0.1, 0.15) is 0 Å². The van der Waals surface area contributed by atoms with Crippen LogP contribution in [0.25, 0.3) is 0 Å². The van der Waals surface area contributed by atoms with Gasteiger partial charge in [0, 0.05) is 13.1 Å². The number of hydrogen-bond acceptors (Lipinski definition) is 3. The summed E-state index contributed by atoms with van der Waals surface area (Å²) in [6.07, 6.45) is -11.0. The smallest absolute Gasteiger partial charge is 0.372 e. The lowest BCUT2D eigenvalue weighted by Crippen LogP contribution is -2.51. The summed E-state index contributed by atoms with van der Waals surface area (Å²) in [7, 11) is -4.93. The summed E-state index contributed by atoms with van der Waals surface area (Å²) in [6.45, 7) is 3.69. The predicted octanol–water partition coefficient (Wildman–Crippen LogP) is 2.84. The Hall–Kier alpha value is -2.02. The van der Waals surface area contributed by atoms with Crippen molar-refractivity contribution >= 4 is 16.0 Å². The Labute approximate surface area is 157 Å². The second-order valence-corrected chi connectivity index (χ2v) is 7.93. The number of rotatable bonds is 2. The van der Waals surface area contributed by atoms with Gasteiger partial charge >= 0.3 is 12.4 Å². The fourth-order valence-corrected chi connectivity index (χ4v) is 3.69. The van der Waals surface area contributed by atoms with Gasteiger partial charge in [-0.2, -0.15) is 34.8 Å². The van der Waals surface area contributed by atoms with E-state index in [2.05, 4.69) is 4.40 Å². The maximum absolute atomic E-state index is 12.9. The van der Waals surface area contributed by atoms with Crippen LogP contribution in [0, 0.1) is 0 Å². The molecular weight excluding hydrogens is 416 g/mol. The minimum atomic E-state index is -5.18. The minimum Gasteiger partial charge on any atom is -0.372 e. The third-order valence-electron chi connectivity index (χ3n) is 3.82. The first kappa shape index (κ1) is 22.3. The number of sulfonamides is 1. The van der Waals surface area contributed by atoms with E-state index in [0.29, 0.717) is 0 Å². The van der Waals surface area contributed by atoms with Crippen LogP contribution in [0.15, 0.2) is 27.5 Å². The summed E-state index contributed by atoms with van der Waals surface area (Å²) in [6, 6.07) is 0.00919. The van der Waals surface area contributed by atoms with Crippen LogP contribution in [0.3, 0.4) is 0 Å². The lowest BCUT2D eigenvalue weighted by molar-refractivity contribution is -0.143. The van der Waals surface area contributed by atoms with Gasteiger partial charge in [-0.25, -0.2) is 0 Å². The number of morpholine rings is 1. The minimum absolute atomic E-state index is 0.0892. The van der Waals surface area contributed by atoms with Crippen LogP contribution in [0.5, 0.6) is 0 Å². The maximum Gasteiger partial charge on any atom is 0.416 e. The molecule has 1 heterocycles. The first-order chi connectivity index (χ1) is 12.6. The highest BCUT2D eigenvalue weighted by atomic mass is 32.2. The van der Waals surface area contributed by atoms with Gasteiger partial charge in [0.05, 0.1) is 28.2 Å². The molecule has 1 aromatic carbocycles. The van der Waals surface area contributed by atoms with Gasteiger partial charge in [-0.15, -0.1) is 4.40 Å². The molecular formula is C15H17F6N3O3S. The summed E-state index contributed by atoms with van der Waals surface area (Å²) in [4.78, 5) is 0.0706. The Bertz CT molecular complexity index is 825. The SMILES string of the molecule is CC1CN(C(N)=NS(=O)(=O)c2cc(C(F)(F)F)cc(C(F)(F)F)c2)CC(C)O1. The molecule has 0 amide bonds. The van der Waals surface area contributed by atoms with Crippen molar-refractivity contribution < 1.29 is 39.5 Å². The molecule has 0 aromatic heterocycles. The van der Waals surface area contributed by atoms with Crippen LogP contribution in [-0.2, 0) is 27.1 Å². The van der Waals surface area contributed by atoms with E-state index in [4.69, 9.17) is 10.5 Å². The van der Waals surface area contributed by atoms with Crippen LogP contribution in [0.4, 0.5) is 26.3 Å². The average molecular weight is 433 g/mol. The van der Waals surface area contributed by atoms with Gasteiger partial charge in [0.25, 0.3) is 10.0 Å². The van der Waals surface area contributed by atoms with Crippen LogP contribution in [0.2, 0.25) is 0 Å². The van der Waals surface area contributed by atoms with E-state index in [1.54, 1.807) is 13.8 Å². The Morgan fingerprint density at radius 3 is 1.86 bits per heavy atom. The normalized spacial score (nSPS) is 22.4. The quantitative estimate of drug-likeness (QED) is 0.441. The highest BCUT2D eigenvalue weighted by molar-refractivity contribution is 7.90. The van der Waals surface area contributed by atoms with Crippen molar-refractivity contribution in [1.29, 1.82) is 0 Å². The third kappa shape index (κ3) is 5.28. The van der Waals surface area contributed by atoms with E-state index in [0.717, 1.165) is 0 Å². The molecule has 13 heteroatoms. The molecule has 1 fully saturated rings. The fourth-order valence-electron chi connectivity index (χ4n) is 2.67. The van der Waals surface area contributed by atoms with Gasteiger partial charge in [-0.1, -0.05) is 0 Å². The first-order valence-electron chi connectivity index (χ1n) is 7.90. The molecule has 2 rings (SSSR count). The molecule has 158 valence electrons. The largest absolute Gasteiger partial charge is 0.416 e.